The van der Waals surface area contributed by atoms with Crippen molar-refractivity contribution >= 4 is 0 Å². The van der Waals surface area contributed by atoms with E-state index in [-0.39, 0.29) is 18.4 Å². The molecule has 0 amide bonds. The molecule has 5 heteroatoms. The van der Waals surface area contributed by atoms with Gasteiger partial charge in [0.25, 0.3) is 0 Å². The fourth-order valence-corrected chi connectivity index (χ4v) is 6.16. The Morgan fingerprint density at radius 2 is 1.62 bits per heavy atom. The summed E-state index contributed by atoms with van der Waals surface area (Å²) in [6, 6.07) is 12.8. The highest BCUT2D eigenvalue weighted by Gasteiger charge is 2.55. The second kappa shape index (κ2) is 8.86. The molecule has 2 aromatic carbocycles. The zero-order chi connectivity index (χ0) is 22.1. The summed E-state index contributed by atoms with van der Waals surface area (Å²) in [7, 11) is 1.72. The van der Waals surface area contributed by atoms with E-state index in [9.17, 15) is 0 Å². The standard InChI is InChI=1S/C25H29NO4.C2H6/c1-27-18-9-7-17(8-10-18)24-19-14-22-23(29-16-28-22)15-21(19)30-25(26-12-4-5-13-26)11-3-2-6-20(24)25;1-2/h7-10,14-15,20,24H,2-6,11-13,16H2,1H3;1-2H3. The fraction of sp³-hybridized carbons (Fsp3) is 0.556. The van der Waals surface area contributed by atoms with Crippen LogP contribution in [0.15, 0.2) is 36.4 Å². The SMILES string of the molecule is CC.COc1ccc(C2c3cc4c(cc3OC3(N5CCCC5)CCCCC23)OCO4)cc1. The predicted molar refractivity (Wildman–Crippen MR) is 125 cm³/mol. The van der Waals surface area contributed by atoms with Crippen LogP contribution in [0, 0.1) is 5.92 Å². The van der Waals surface area contributed by atoms with E-state index < -0.39 is 0 Å². The van der Waals surface area contributed by atoms with Crippen molar-refractivity contribution in [2.45, 2.75) is 64.0 Å². The van der Waals surface area contributed by atoms with E-state index in [4.69, 9.17) is 18.9 Å². The molecule has 1 aliphatic carbocycles. The summed E-state index contributed by atoms with van der Waals surface area (Å²) in [6.07, 6.45) is 7.29. The molecule has 172 valence electrons. The Morgan fingerprint density at radius 3 is 2.34 bits per heavy atom. The number of hydrogen-bond donors (Lipinski definition) is 0. The number of likely N-dealkylation sites (tertiary alicyclic amines) is 1. The molecule has 0 N–H and O–H groups in total. The molecule has 0 spiro atoms. The van der Waals surface area contributed by atoms with Gasteiger partial charge in [-0.15, -0.1) is 0 Å². The van der Waals surface area contributed by atoms with Crippen LogP contribution in [0.25, 0.3) is 0 Å². The number of nitrogens with zero attached hydrogens (tertiary/aromatic N) is 1. The predicted octanol–water partition coefficient (Wildman–Crippen LogP) is 5.96. The van der Waals surface area contributed by atoms with Gasteiger partial charge in [-0.05, 0) is 49.4 Å². The zero-order valence-electron chi connectivity index (χ0n) is 19.6. The second-order valence-corrected chi connectivity index (χ2v) is 8.99. The molecule has 2 fully saturated rings. The van der Waals surface area contributed by atoms with Gasteiger partial charge in [-0.1, -0.05) is 32.4 Å². The Bertz CT molecular complexity index is 937. The second-order valence-electron chi connectivity index (χ2n) is 8.99. The van der Waals surface area contributed by atoms with Crippen LogP contribution in [0.3, 0.4) is 0 Å². The quantitative estimate of drug-likeness (QED) is 0.593. The van der Waals surface area contributed by atoms with Crippen LogP contribution in [0.2, 0.25) is 0 Å². The van der Waals surface area contributed by atoms with E-state index in [2.05, 4.69) is 41.3 Å². The number of ether oxygens (including phenoxy) is 4. The molecule has 3 atom stereocenters. The first-order valence-corrected chi connectivity index (χ1v) is 12.3. The summed E-state index contributed by atoms with van der Waals surface area (Å²) in [5.74, 6) is 4.19. The lowest BCUT2D eigenvalue weighted by Gasteiger charge is -2.55. The van der Waals surface area contributed by atoms with Crippen molar-refractivity contribution in [3.63, 3.8) is 0 Å². The highest BCUT2D eigenvalue weighted by Crippen LogP contribution is 2.57. The summed E-state index contributed by atoms with van der Waals surface area (Å²) in [5.41, 5.74) is 2.33. The summed E-state index contributed by atoms with van der Waals surface area (Å²) in [4.78, 5) is 2.64. The van der Waals surface area contributed by atoms with E-state index in [1.54, 1.807) is 7.11 Å². The molecule has 0 radical (unpaired) electrons. The first-order valence-electron chi connectivity index (χ1n) is 12.3. The summed E-state index contributed by atoms with van der Waals surface area (Å²) in [6.45, 7) is 6.55. The molecule has 3 aliphatic heterocycles. The summed E-state index contributed by atoms with van der Waals surface area (Å²) >= 11 is 0. The lowest BCUT2D eigenvalue weighted by Crippen LogP contribution is -2.61. The van der Waals surface area contributed by atoms with Crippen LogP contribution in [0.5, 0.6) is 23.0 Å². The van der Waals surface area contributed by atoms with Crippen LogP contribution in [0.4, 0.5) is 0 Å². The molecular weight excluding hydrogens is 402 g/mol. The minimum Gasteiger partial charge on any atom is -0.497 e. The Hall–Kier alpha value is -2.40. The van der Waals surface area contributed by atoms with Gasteiger partial charge >= 0.3 is 0 Å². The molecule has 3 unspecified atom stereocenters. The Labute approximate surface area is 191 Å². The van der Waals surface area contributed by atoms with E-state index in [1.807, 2.05) is 13.8 Å². The molecule has 1 saturated heterocycles. The van der Waals surface area contributed by atoms with Gasteiger partial charge < -0.3 is 18.9 Å². The maximum atomic E-state index is 7.00. The van der Waals surface area contributed by atoms with Crippen molar-refractivity contribution in [3.05, 3.63) is 47.5 Å². The van der Waals surface area contributed by atoms with Crippen molar-refractivity contribution in [3.8, 4) is 23.0 Å². The van der Waals surface area contributed by atoms with Gasteiger partial charge in [0.2, 0.25) is 6.79 Å². The minimum absolute atomic E-state index is 0.222. The van der Waals surface area contributed by atoms with Crippen LogP contribution in [0.1, 0.15) is 69.4 Å². The number of methoxy groups -OCH3 is 1. The van der Waals surface area contributed by atoms with Crippen molar-refractivity contribution in [1.82, 2.24) is 4.90 Å². The highest BCUT2D eigenvalue weighted by atomic mass is 16.7. The Balaban J connectivity index is 0.00000105. The van der Waals surface area contributed by atoms with Crippen LogP contribution < -0.4 is 18.9 Å². The zero-order valence-corrected chi connectivity index (χ0v) is 19.6. The van der Waals surface area contributed by atoms with Gasteiger partial charge in [0.05, 0.1) is 7.11 Å². The van der Waals surface area contributed by atoms with Crippen molar-refractivity contribution in [2.24, 2.45) is 5.92 Å². The molecule has 6 rings (SSSR count). The lowest BCUT2D eigenvalue weighted by atomic mass is 9.66. The van der Waals surface area contributed by atoms with Crippen molar-refractivity contribution < 1.29 is 18.9 Å². The molecule has 0 aromatic heterocycles. The third-order valence-electron chi connectivity index (χ3n) is 7.52. The highest BCUT2D eigenvalue weighted by molar-refractivity contribution is 5.57. The van der Waals surface area contributed by atoms with E-state index in [0.717, 1.165) is 42.5 Å². The molecule has 3 heterocycles. The monoisotopic (exact) mass is 437 g/mol. The van der Waals surface area contributed by atoms with E-state index >= 15 is 0 Å². The average molecular weight is 438 g/mol. The molecule has 2 aromatic rings. The maximum Gasteiger partial charge on any atom is 0.231 e. The normalized spacial score (nSPS) is 28.1. The number of fused-ring (bicyclic) bond motifs is 3. The third kappa shape index (κ3) is 3.42. The van der Waals surface area contributed by atoms with Crippen molar-refractivity contribution in [2.75, 3.05) is 27.0 Å². The topological polar surface area (TPSA) is 40.2 Å². The van der Waals surface area contributed by atoms with Crippen molar-refractivity contribution in [1.29, 1.82) is 0 Å². The molecule has 5 nitrogen and oxygen atoms in total. The van der Waals surface area contributed by atoms with Crippen LogP contribution >= 0.6 is 0 Å². The first-order chi connectivity index (χ1) is 15.8. The molecule has 0 bridgehead atoms. The molecule has 32 heavy (non-hydrogen) atoms. The first kappa shape index (κ1) is 21.4. The van der Waals surface area contributed by atoms with Crippen LogP contribution in [-0.2, 0) is 0 Å². The summed E-state index contributed by atoms with van der Waals surface area (Å²) < 4.78 is 23.9. The number of benzene rings is 2. The Morgan fingerprint density at radius 1 is 0.906 bits per heavy atom. The lowest BCUT2D eigenvalue weighted by molar-refractivity contribution is -0.154. The minimum atomic E-state index is -0.222. The maximum absolute atomic E-state index is 7.00. The average Bonchev–Trinajstić information content (AvgIpc) is 3.55. The number of rotatable bonds is 3. The smallest absolute Gasteiger partial charge is 0.231 e. The molecule has 1 saturated carbocycles. The van der Waals surface area contributed by atoms with Gasteiger partial charge in [0.15, 0.2) is 17.2 Å². The van der Waals surface area contributed by atoms with E-state index in [1.165, 1.54) is 43.2 Å². The van der Waals surface area contributed by atoms with E-state index in [0.29, 0.717) is 5.92 Å². The fourth-order valence-electron chi connectivity index (χ4n) is 6.16. The van der Waals surface area contributed by atoms with Gasteiger partial charge in [0, 0.05) is 43.0 Å². The van der Waals surface area contributed by atoms with Gasteiger partial charge in [0.1, 0.15) is 11.5 Å². The Kier molecular flexibility index (Phi) is 5.93. The summed E-state index contributed by atoms with van der Waals surface area (Å²) in [5, 5.41) is 0. The van der Waals surface area contributed by atoms with Gasteiger partial charge in [-0.3, -0.25) is 4.90 Å². The molecular formula is C27H35NO4. The van der Waals surface area contributed by atoms with Crippen LogP contribution in [-0.4, -0.2) is 37.6 Å². The number of hydrogen-bond acceptors (Lipinski definition) is 5. The largest absolute Gasteiger partial charge is 0.497 e. The van der Waals surface area contributed by atoms with Gasteiger partial charge in [-0.2, -0.15) is 0 Å². The van der Waals surface area contributed by atoms with Gasteiger partial charge in [-0.25, -0.2) is 0 Å². The third-order valence-corrected chi connectivity index (χ3v) is 7.52. The molecule has 4 aliphatic rings.